The molecule has 90 valence electrons. The Hall–Kier alpha value is -1.07. The molecule has 0 spiro atoms. The molecule has 5 heteroatoms. The van der Waals surface area contributed by atoms with Gasteiger partial charge in [0.25, 0.3) is 0 Å². The van der Waals surface area contributed by atoms with Crippen molar-refractivity contribution < 1.29 is 0 Å². The predicted molar refractivity (Wildman–Crippen MR) is 76.1 cm³/mol. The maximum Gasteiger partial charge on any atom is 0.151 e. The lowest BCUT2D eigenvalue weighted by molar-refractivity contribution is 0.836. The number of benzene rings is 1. The first-order valence-electron chi connectivity index (χ1n) is 5.57. The maximum absolute atomic E-state index is 7.13. The Balaban J connectivity index is 1.81. The number of fused-ring (bicyclic) bond motifs is 1. The van der Waals surface area contributed by atoms with Gasteiger partial charge in [0.1, 0.15) is 0 Å². The topological polar surface area (TPSA) is 62.8 Å². The maximum atomic E-state index is 7.13. The van der Waals surface area contributed by atoms with Crippen LogP contribution in [0.3, 0.4) is 0 Å². The van der Waals surface area contributed by atoms with Crippen molar-refractivity contribution in [3.63, 3.8) is 0 Å². The number of thiazole rings is 1. The molecule has 0 amide bonds. The summed E-state index contributed by atoms with van der Waals surface area (Å²) in [5.41, 5.74) is 6.39. The van der Waals surface area contributed by atoms with E-state index in [-0.39, 0.29) is 5.84 Å². The lowest BCUT2D eigenvalue weighted by Crippen LogP contribution is -2.08. The standard InChI is InChI=1S/C12H15N3S2/c13-11(14)7-3-4-8-16-12-15-9-5-1-2-6-10(9)17-12/h1-2,5-6H,3-4,7-8H2,(H3,13,14). The van der Waals surface area contributed by atoms with Crippen LogP contribution >= 0.6 is 23.1 Å². The molecule has 0 radical (unpaired) electrons. The molecule has 0 aliphatic rings. The third-order valence-electron chi connectivity index (χ3n) is 2.34. The molecule has 0 unspecified atom stereocenters. The molecule has 0 saturated heterocycles. The fourth-order valence-corrected chi connectivity index (χ4v) is 3.63. The van der Waals surface area contributed by atoms with Crippen LogP contribution in [0.4, 0.5) is 0 Å². The zero-order chi connectivity index (χ0) is 12.1. The SMILES string of the molecule is N=C(N)CCCCSc1nc2ccccc2s1. The molecule has 0 fully saturated rings. The summed E-state index contributed by atoms with van der Waals surface area (Å²) in [6.07, 6.45) is 2.79. The monoisotopic (exact) mass is 265 g/mol. The Morgan fingerprint density at radius 2 is 2.18 bits per heavy atom. The number of para-hydroxylation sites is 1. The van der Waals surface area contributed by atoms with Crippen LogP contribution in [0.2, 0.25) is 0 Å². The van der Waals surface area contributed by atoms with Crippen molar-refractivity contribution in [2.75, 3.05) is 5.75 Å². The molecular weight excluding hydrogens is 250 g/mol. The molecule has 3 nitrogen and oxygen atoms in total. The van der Waals surface area contributed by atoms with Crippen molar-refractivity contribution in [3.05, 3.63) is 24.3 Å². The smallest absolute Gasteiger partial charge is 0.151 e. The quantitative estimate of drug-likeness (QED) is 0.364. The molecule has 0 atom stereocenters. The van der Waals surface area contributed by atoms with Gasteiger partial charge in [0, 0.05) is 12.2 Å². The summed E-state index contributed by atoms with van der Waals surface area (Å²) in [6, 6.07) is 8.21. The van der Waals surface area contributed by atoms with Gasteiger partial charge in [-0.3, -0.25) is 5.41 Å². The lowest BCUT2D eigenvalue weighted by atomic mass is 10.2. The second-order valence-corrected chi connectivity index (χ2v) is 6.15. The molecule has 2 rings (SSSR count). The van der Waals surface area contributed by atoms with E-state index < -0.39 is 0 Å². The minimum atomic E-state index is 0.287. The highest BCUT2D eigenvalue weighted by Gasteiger charge is 2.03. The van der Waals surface area contributed by atoms with E-state index in [0.717, 1.165) is 28.5 Å². The van der Waals surface area contributed by atoms with Crippen molar-refractivity contribution in [2.45, 2.75) is 23.6 Å². The van der Waals surface area contributed by atoms with Crippen LogP contribution in [0.1, 0.15) is 19.3 Å². The molecule has 1 heterocycles. The molecule has 17 heavy (non-hydrogen) atoms. The molecule has 1 aromatic heterocycles. The van der Waals surface area contributed by atoms with Crippen LogP contribution in [0.15, 0.2) is 28.6 Å². The Bertz CT molecular complexity index is 474. The van der Waals surface area contributed by atoms with Crippen molar-refractivity contribution in [1.29, 1.82) is 5.41 Å². The summed E-state index contributed by atoms with van der Waals surface area (Å²) in [4.78, 5) is 4.56. The fraction of sp³-hybridized carbons (Fsp3) is 0.333. The summed E-state index contributed by atoms with van der Waals surface area (Å²) in [7, 11) is 0. The van der Waals surface area contributed by atoms with E-state index in [1.165, 1.54) is 4.70 Å². The first-order chi connectivity index (χ1) is 8.25. The largest absolute Gasteiger partial charge is 0.388 e. The average Bonchev–Trinajstić information content (AvgIpc) is 2.70. The van der Waals surface area contributed by atoms with Crippen LogP contribution in [0.25, 0.3) is 10.2 Å². The van der Waals surface area contributed by atoms with Gasteiger partial charge in [-0.1, -0.05) is 23.9 Å². The van der Waals surface area contributed by atoms with Crippen molar-refractivity contribution in [3.8, 4) is 0 Å². The summed E-state index contributed by atoms with van der Waals surface area (Å²) < 4.78 is 2.38. The first kappa shape index (κ1) is 12.4. The van der Waals surface area contributed by atoms with Crippen LogP contribution in [0, 0.1) is 5.41 Å². The number of hydrogen-bond acceptors (Lipinski definition) is 4. The van der Waals surface area contributed by atoms with Crippen LogP contribution < -0.4 is 5.73 Å². The van der Waals surface area contributed by atoms with Crippen molar-refractivity contribution in [2.24, 2.45) is 5.73 Å². The minimum absolute atomic E-state index is 0.287. The summed E-state index contributed by atoms with van der Waals surface area (Å²) >= 11 is 3.54. The molecule has 3 N–H and O–H groups in total. The highest BCUT2D eigenvalue weighted by molar-refractivity contribution is 8.01. The Morgan fingerprint density at radius 3 is 2.94 bits per heavy atom. The van der Waals surface area contributed by atoms with Gasteiger partial charge < -0.3 is 5.73 Å². The number of aromatic nitrogens is 1. The number of rotatable bonds is 6. The zero-order valence-electron chi connectivity index (χ0n) is 9.48. The molecule has 2 aromatic rings. The molecule has 1 aromatic carbocycles. The third-order valence-corrected chi connectivity index (χ3v) is 4.61. The molecular formula is C12H15N3S2. The van der Waals surface area contributed by atoms with Gasteiger partial charge in [0.15, 0.2) is 4.34 Å². The summed E-state index contributed by atoms with van der Waals surface area (Å²) in [6.45, 7) is 0. The van der Waals surface area contributed by atoms with Gasteiger partial charge in [0.2, 0.25) is 0 Å². The number of nitrogens with zero attached hydrogens (tertiary/aromatic N) is 1. The molecule has 0 aliphatic carbocycles. The van der Waals surface area contributed by atoms with Gasteiger partial charge in [-0.05, 0) is 25.0 Å². The van der Waals surface area contributed by atoms with Crippen LogP contribution in [-0.4, -0.2) is 16.6 Å². The number of thioether (sulfide) groups is 1. The number of unbranched alkanes of at least 4 members (excludes halogenated alkanes) is 1. The van der Waals surface area contributed by atoms with E-state index in [4.69, 9.17) is 11.1 Å². The van der Waals surface area contributed by atoms with E-state index in [2.05, 4.69) is 11.1 Å². The molecule has 0 saturated carbocycles. The van der Waals surface area contributed by atoms with E-state index in [1.54, 1.807) is 23.1 Å². The fourth-order valence-electron chi connectivity index (χ4n) is 1.49. The van der Waals surface area contributed by atoms with Gasteiger partial charge in [-0.25, -0.2) is 4.98 Å². The van der Waals surface area contributed by atoms with Gasteiger partial charge in [0.05, 0.1) is 16.1 Å². The predicted octanol–water partition coefficient (Wildman–Crippen LogP) is 3.49. The minimum Gasteiger partial charge on any atom is -0.388 e. The van der Waals surface area contributed by atoms with E-state index in [0.29, 0.717) is 6.42 Å². The number of hydrogen-bond donors (Lipinski definition) is 2. The third kappa shape index (κ3) is 3.71. The Labute approximate surface area is 109 Å². The van der Waals surface area contributed by atoms with Gasteiger partial charge >= 0.3 is 0 Å². The second kappa shape index (κ2) is 6.02. The molecule has 0 aliphatic heterocycles. The molecule has 0 bridgehead atoms. The Kier molecular flexibility index (Phi) is 4.39. The lowest BCUT2D eigenvalue weighted by Gasteiger charge is -1.97. The zero-order valence-corrected chi connectivity index (χ0v) is 11.1. The normalized spacial score (nSPS) is 10.8. The number of nitrogens with two attached hydrogens (primary N) is 1. The van der Waals surface area contributed by atoms with E-state index in [9.17, 15) is 0 Å². The van der Waals surface area contributed by atoms with Crippen molar-refractivity contribution in [1.82, 2.24) is 4.98 Å². The Morgan fingerprint density at radius 1 is 1.35 bits per heavy atom. The van der Waals surface area contributed by atoms with Crippen LogP contribution in [0.5, 0.6) is 0 Å². The van der Waals surface area contributed by atoms with E-state index in [1.807, 2.05) is 18.2 Å². The average molecular weight is 265 g/mol. The van der Waals surface area contributed by atoms with Crippen LogP contribution in [-0.2, 0) is 0 Å². The highest BCUT2D eigenvalue weighted by Crippen LogP contribution is 2.29. The first-order valence-corrected chi connectivity index (χ1v) is 7.37. The van der Waals surface area contributed by atoms with E-state index >= 15 is 0 Å². The number of amidine groups is 1. The highest BCUT2D eigenvalue weighted by atomic mass is 32.2. The van der Waals surface area contributed by atoms with Crippen molar-refractivity contribution >= 4 is 39.2 Å². The summed E-state index contributed by atoms with van der Waals surface area (Å²) in [5, 5.41) is 7.13. The number of nitrogens with one attached hydrogen (secondary N) is 1. The van der Waals surface area contributed by atoms with Gasteiger partial charge in [-0.15, -0.1) is 11.3 Å². The van der Waals surface area contributed by atoms with Gasteiger partial charge in [-0.2, -0.15) is 0 Å². The second-order valence-electron chi connectivity index (χ2n) is 3.78. The summed E-state index contributed by atoms with van der Waals surface area (Å²) in [5.74, 6) is 1.34.